The highest BCUT2D eigenvalue weighted by molar-refractivity contribution is 7.89. The van der Waals surface area contributed by atoms with Crippen molar-refractivity contribution < 1.29 is 17.9 Å². The molecule has 140 valence electrons. The summed E-state index contributed by atoms with van der Waals surface area (Å²) in [5.41, 5.74) is 1.04. The van der Waals surface area contributed by atoms with E-state index in [1.165, 1.54) is 4.31 Å². The number of carbonyl (C=O) groups excluding carboxylic acids is 1. The highest BCUT2D eigenvalue weighted by Crippen LogP contribution is 2.18. The van der Waals surface area contributed by atoms with Crippen molar-refractivity contribution in [3.05, 3.63) is 29.8 Å². The molecule has 25 heavy (non-hydrogen) atoms. The lowest BCUT2D eigenvalue weighted by atomic mass is 10.2. The van der Waals surface area contributed by atoms with Crippen LogP contribution in [-0.2, 0) is 19.6 Å². The summed E-state index contributed by atoms with van der Waals surface area (Å²) in [5, 5.41) is 2.80. The molecule has 0 atom stereocenters. The summed E-state index contributed by atoms with van der Waals surface area (Å²) in [6.07, 6.45) is 0. The van der Waals surface area contributed by atoms with Gasteiger partial charge in [-0.2, -0.15) is 4.31 Å². The van der Waals surface area contributed by atoms with E-state index in [2.05, 4.69) is 10.2 Å². The van der Waals surface area contributed by atoms with Gasteiger partial charge in [0.1, 0.15) is 6.61 Å². The van der Waals surface area contributed by atoms with E-state index in [0.717, 1.165) is 5.56 Å². The van der Waals surface area contributed by atoms with Gasteiger partial charge < -0.3 is 10.1 Å². The van der Waals surface area contributed by atoms with Gasteiger partial charge in [-0.25, -0.2) is 8.42 Å². The standard InChI is InChI=1S/C17H27N3O4S/c1-3-24-14-17(21)18-8-9-19-10-12-20(13-11-19)25(22,23)16-6-4-15(2)5-7-16/h4-7H,3,8-14H2,1-2H3,(H,18,21). The summed E-state index contributed by atoms with van der Waals surface area (Å²) in [4.78, 5) is 14.0. The van der Waals surface area contributed by atoms with Crippen LogP contribution >= 0.6 is 0 Å². The molecule has 1 aromatic rings. The first-order chi connectivity index (χ1) is 11.9. The number of hydrogen-bond acceptors (Lipinski definition) is 5. The van der Waals surface area contributed by atoms with Gasteiger partial charge in [-0.05, 0) is 26.0 Å². The van der Waals surface area contributed by atoms with E-state index in [4.69, 9.17) is 4.74 Å². The largest absolute Gasteiger partial charge is 0.372 e. The molecule has 0 spiro atoms. The SMILES string of the molecule is CCOCC(=O)NCCN1CCN(S(=O)(=O)c2ccc(C)cc2)CC1. The Hall–Kier alpha value is -1.48. The number of aryl methyl sites for hydroxylation is 1. The molecule has 0 saturated carbocycles. The molecule has 1 aromatic carbocycles. The fourth-order valence-corrected chi connectivity index (χ4v) is 4.07. The van der Waals surface area contributed by atoms with E-state index in [9.17, 15) is 13.2 Å². The van der Waals surface area contributed by atoms with Gasteiger partial charge in [0.15, 0.2) is 0 Å². The number of sulfonamides is 1. The number of nitrogens with one attached hydrogen (secondary N) is 1. The summed E-state index contributed by atoms with van der Waals surface area (Å²) >= 11 is 0. The van der Waals surface area contributed by atoms with Crippen LogP contribution in [0.3, 0.4) is 0 Å². The molecule has 0 aliphatic carbocycles. The van der Waals surface area contributed by atoms with Gasteiger partial charge in [-0.15, -0.1) is 0 Å². The molecule has 1 aliphatic heterocycles. The lowest BCUT2D eigenvalue weighted by Crippen LogP contribution is -2.50. The van der Waals surface area contributed by atoms with Crippen molar-refractivity contribution in [1.29, 1.82) is 0 Å². The maximum atomic E-state index is 12.6. The van der Waals surface area contributed by atoms with Gasteiger partial charge in [-0.3, -0.25) is 9.69 Å². The Balaban J connectivity index is 1.77. The van der Waals surface area contributed by atoms with Crippen LogP contribution in [0.15, 0.2) is 29.2 Å². The van der Waals surface area contributed by atoms with Crippen LogP contribution in [0.25, 0.3) is 0 Å². The van der Waals surface area contributed by atoms with Crippen molar-refractivity contribution in [2.75, 3.05) is 52.5 Å². The third kappa shape index (κ3) is 5.78. The van der Waals surface area contributed by atoms with Gasteiger partial charge in [0.05, 0.1) is 4.90 Å². The lowest BCUT2D eigenvalue weighted by Gasteiger charge is -2.34. The summed E-state index contributed by atoms with van der Waals surface area (Å²) in [6.45, 7) is 7.86. The zero-order valence-corrected chi connectivity index (χ0v) is 15.7. The Kier molecular flexibility index (Phi) is 7.37. The second kappa shape index (κ2) is 9.28. The smallest absolute Gasteiger partial charge is 0.246 e. The minimum Gasteiger partial charge on any atom is -0.372 e. The molecule has 8 heteroatoms. The van der Waals surface area contributed by atoms with Crippen LogP contribution in [0.2, 0.25) is 0 Å². The number of rotatable bonds is 8. The van der Waals surface area contributed by atoms with Crippen LogP contribution in [0.1, 0.15) is 12.5 Å². The van der Waals surface area contributed by atoms with Crippen LogP contribution in [0, 0.1) is 6.92 Å². The first-order valence-corrected chi connectivity index (χ1v) is 10.0. The molecule has 0 radical (unpaired) electrons. The molecule has 0 bridgehead atoms. The Bertz CT molecular complexity index is 653. The average Bonchev–Trinajstić information content (AvgIpc) is 2.61. The number of piperazine rings is 1. The van der Waals surface area contributed by atoms with Gasteiger partial charge in [0.25, 0.3) is 0 Å². The minimum absolute atomic E-state index is 0.0824. The maximum Gasteiger partial charge on any atom is 0.246 e. The zero-order valence-electron chi connectivity index (χ0n) is 14.9. The van der Waals surface area contributed by atoms with Gasteiger partial charge in [0.2, 0.25) is 15.9 Å². The van der Waals surface area contributed by atoms with Crippen molar-refractivity contribution in [3.63, 3.8) is 0 Å². The monoisotopic (exact) mass is 369 g/mol. The second-order valence-electron chi connectivity index (χ2n) is 6.05. The van der Waals surface area contributed by atoms with Crippen molar-refractivity contribution in [2.24, 2.45) is 0 Å². The maximum absolute atomic E-state index is 12.6. The molecule has 0 aromatic heterocycles. The third-order valence-electron chi connectivity index (χ3n) is 4.18. The van der Waals surface area contributed by atoms with Crippen LogP contribution in [0.5, 0.6) is 0 Å². The summed E-state index contributed by atoms with van der Waals surface area (Å²) in [7, 11) is -3.43. The molecule has 7 nitrogen and oxygen atoms in total. The van der Waals surface area contributed by atoms with E-state index in [-0.39, 0.29) is 12.5 Å². The Morgan fingerprint density at radius 2 is 1.80 bits per heavy atom. The molecule has 1 aliphatic rings. The van der Waals surface area contributed by atoms with E-state index >= 15 is 0 Å². The van der Waals surface area contributed by atoms with Crippen LogP contribution < -0.4 is 5.32 Å². The van der Waals surface area contributed by atoms with E-state index in [1.807, 2.05) is 26.0 Å². The van der Waals surface area contributed by atoms with Crippen molar-refractivity contribution in [2.45, 2.75) is 18.7 Å². The minimum atomic E-state index is -3.43. The molecule has 1 N–H and O–H groups in total. The van der Waals surface area contributed by atoms with Gasteiger partial charge in [0, 0.05) is 45.9 Å². The molecule has 1 fully saturated rings. The predicted octanol–water partition coefficient (Wildman–Crippen LogP) is 0.454. The highest BCUT2D eigenvalue weighted by Gasteiger charge is 2.28. The zero-order chi connectivity index (χ0) is 18.3. The second-order valence-corrected chi connectivity index (χ2v) is 7.98. The number of nitrogens with zero attached hydrogens (tertiary/aromatic N) is 2. The van der Waals surface area contributed by atoms with Crippen LogP contribution in [-0.4, -0.2) is 76.0 Å². The van der Waals surface area contributed by atoms with Gasteiger partial charge >= 0.3 is 0 Å². The molecular formula is C17H27N3O4S. The Labute approximate surface area is 150 Å². The summed E-state index contributed by atoms with van der Waals surface area (Å²) in [5.74, 6) is -0.123. The molecule has 2 rings (SSSR count). The average molecular weight is 369 g/mol. The fraction of sp³-hybridized carbons (Fsp3) is 0.588. The number of ether oxygens (including phenoxy) is 1. The quantitative estimate of drug-likeness (QED) is 0.720. The van der Waals surface area contributed by atoms with Crippen molar-refractivity contribution in [3.8, 4) is 0 Å². The predicted molar refractivity (Wildman–Crippen MR) is 95.9 cm³/mol. The van der Waals surface area contributed by atoms with E-state index in [1.54, 1.807) is 12.1 Å². The molecule has 0 unspecified atom stereocenters. The third-order valence-corrected chi connectivity index (χ3v) is 6.09. The van der Waals surface area contributed by atoms with Crippen molar-refractivity contribution >= 4 is 15.9 Å². The number of amides is 1. The molecule has 1 amide bonds. The first-order valence-electron chi connectivity index (χ1n) is 8.57. The summed E-state index contributed by atoms with van der Waals surface area (Å²) < 4.78 is 31.9. The number of benzene rings is 1. The van der Waals surface area contributed by atoms with Gasteiger partial charge in [-0.1, -0.05) is 17.7 Å². The fourth-order valence-electron chi connectivity index (χ4n) is 2.65. The van der Waals surface area contributed by atoms with E-state index in [0.29, 0.717) is 50.8 Å². The normalized spacial score (nSPS) is 16.7. The van der Waals surface area contributed by atoms with Crippen LogP contribution in [0.4, 0.5) is 0 Å². The molecule has 1 heterocycles. The topological polar surface area (TPSA) is 79.0 Å². The highest BCUT2D eigenvalue weighted by atomic mass is 32.2. The summed E-state index contributed by atoms with van der Waals surface area (Å²) in [6, 6.07) is 6.94. The lowest BCUT2D eigenvalue weighted by molar-refractivity contribution is -0.125. The Morgan fingerprint density at radius 1 is 1.16 bits per heavy atom. The molecule has 1 saturated heterocycles. The van der Waals surface area contributed by atoms with E-state index < -0.39 is 10.0 Å². The van der Waals surface area contributed by atoms with Crippen molar-refractivity contribution in [1.82, 2.24) is 14.5 Å². The molecular weight excluding hydrogens is 342 g/mol. The Morgan fingerprint density at radius 3 is 2.40 bits per heavy atom. The first kappa shape index (κ1) is 19.8. The number of carbonyl (C=O) groups is 1. The number of hydrogen-bond donors (Lipinski definition) is 1.